The van der Waals surface area contributed by atoms with Crippen molar-refractivity contribution in [3.05, 3.63) is 35.9 Å². The molecule has 0 aliphatic carbocycles. The van der Waals surface area contributed by atoms with E-state index in [1.807, 2.05) is 19.1 Å². The summed E-state index contributed by atoms with van der Waals surface area (Å²) in [6.07, 6.45) is 1.31. The number of aryl methyl sites for hydroxylation is 1. The topological polar surface area (TPSA) is 96.7 Å². The highest BCUT2D eigenvalue weighted by Crippen LogP contribution is 2.38. The molecule has 1 amide bonds. The molecule has 0 atom stereocenters. The van der Waals surface area contributed by atoms with Crippen molar-refractivity contribution >= 4 is 33.3 Å². The van der Waals surface area contributed by atoms with Crippen LogP contribution < -0.4 is 14.8 Å². The minimum atomic E-state index is -0.405. The Balaban J connectivity index is 1.49. The average molecular weight is 386 g/mol. The number of anilines is 1. The van der Waals surface area contributed by atoms with Crippen LogP contribution in [-0.2, 0) is 14.3 Å². The number of hydrogen-bond donors (Lipinski definition) is 1. The smallest absolute Gasteiger partial charge is 0.295 e. The zero-order chi connectivity index (χ0) is 18.4. The molecule has 10 heteroatoms. The second-order valence-electron chi connectivity index (χ2n) is 5.91. The SMILES string of the molecule is Cc1cc(NC(=O)C2=COCCO2)n(-c2nc3cc4c(cc3s2)OCO4)n1. The van der Waals surface area contributed by atoms with Crippen molar-refractivity contribution in [1.29, 1.82) is 0 Å². The molecule has 0 bridgehead atoms. The summed E-state index contributed by atoms with van der Waals surface area (Å²) < 4.78 is 23.8. The average Bonchev–Trinajstić information content (AvgIpc) is 3.37. The highest BCUT2D eigenvalue weighted by molar-refractivity contribution is 7.20. The van der Waals surface area contributed by atoms with Crippen LogP contribution in [0.5, 0.6) is 11.5 Å². The number of amides is 1. The van der Waals surface area contributed by atoms with E-state index < -0.39 is 5.91 Å². The molecule has 0 saturated carbocycles. The van der Waals surface area contributed by atoms with Crippen molar-refractivity contribution in [2.24, 2.45) is 0 Å². The van der Waals surface area contributed by atoms with Gasteiger partial charge in [0.1, 0.15) is 25.3 Å². The Morgan fingerprint density at radius 1 is 1.19 bits per heavy atom. The highest BCUT2D eigenvalue weighted by atomic mass is 32.1. The van der Waals surface area contributed by atoms with Gasteiger partial charge in [-0.1, -0.05) is 11.3 Å². The first-order chi connectivity index (χ1) is 13.2. The summed E-state index contributed by atoms with van der Waals surface area (Å²) in [5.74, 6) is 1.58. The molecular formula is C17H14N4O5S. The molecule has 9 nitrogen and oxygen atoms in total. The second kappa shape index (κ2) is 6.16. The zero-order valence-electron chi connectivity index (χ0n) is 14.2. The molecule has 4 heterocycles. The molecular weight excluding hydrogens is 372 g/mol. The fourth-order valence-corrected chi connectivity index (χ4v) is 3.74. The summed E-state index contributed by atoms with van der Waals surface area (Å²) in [7, 11) is 0. The number of benzene rings is 1. The summed E-state index contributed by atoms with van der Waals surface area (Å²) >= 11 is 1.44. The van der Waals surface area contributed by atoms with Crippen LogP contribution in [0.1, 0.15) is 5.69 Å². The van der Waals surface area contributed by atoms with Crippen LogP contribution in [0.2, 0.25) is 0 Å². The minimum Gasteiger partial charge on any atom is -0.494 e. The van der Waals surface area contributed by atoms with Gasteiger partial charge in [-0.3, -0.25) is 4.79 Å². The lowest BCUT2D eigenvalue weighted by molar-refractivity contribution is -0.117. The summed E-state index contributed by atoms with van der Waals surface area (Å²) in [6.45, 7) is 2.83. The first-order valence-electron chi connectivity index (χ1n) is 8.20. The van der Waals surface area contributed by atoms with Crippen LogP contribution in [0.3, 0.4) is 0 Å². The molecule has 138 valence electrons. The van der Waals surface area contributed by atoms with Crippen LogP contribution in [0, 0.1) is 6.92 Å². The van der Waals surface area contributed by atoms with E-state index in [0.717, 1.165) is 15.9 Å². The van der Waals surface area contributed by atoms with E-state index in [0.29, 0.717) is 35.7 Å². The fraction of sp³-hybridized carbons (Fsp3) is 0.235. The Hall–Kier alpha value is -3.27. The number of hydrogen-bond acceptors (Lipinski definition) is 8. The van der Waals surface area contributed by atoms with Crippen LogP contribution in [0.25, 0.3) is 15.3 Å². The summed E-state index contributed by atoms with van der Waals surface area (Å²) in [4.78, 5) is 17.0. The quantitative estimate of drug-likeness (QED) is 0.738. The number of aromatic nitrogens is 3. The van der Waals surface area contributed by atoms with Gasteiger partial charge < -0.3 is 24.3 Å². The monoisotopic (exact) mass is 386 g/mol. The van der Waals surface area contributed by atoms with Crippen molar-refractivity contribution < 1.29 is 23.7 Å². The Morgan fingerprint density at radius 3 is 2.85 bits per heavy atom. The van der Waals surface area contributed by atoms with Crippen molar-refractivity contribution in [2.45, 2.75) is 6.92 Å². The van der Waals surface area contributed by atoms with E-state index in [9.17, 15) is 4.79 Å². The van der Waals surface area contributed by atoms with Gasteiger partial charge in [-0.05, 0) is 6.92 Å². The number of ether oxygens (including phenoxy) is 4. The van der Waals surface area contributed by atoms with Gasteiger partial charge in [-0.2, -0.15) is 9.78 Å². The van der Waals surface area contributed by atoms with Gasteiger partial charge in [-0.15, -0.1) is 0 Å². The number of nitrogens with one attached hydrogen (secondary N) is 1. The zero-order valence-corrected chi connectivity index (χ0v) is 15.0. The van der Waals surface area contributed by atoms with Crippen LogP contribution >= 0.6 is 11.3 Å². The van der Waals surface area contributed by atoms with E-state index in [2.05, 4.69) is 15.4 Å². The van der Waals surface area contributed by atoms with E-state index in [1.165, 1.54) is 17.6 Å². The maximum atomic E-state index is 12.4. The van der Waals surface area contributed by atoms with Crippen molar-refractivity contribution in [3.63, 3.8) is 0 Å². The van der Waals surface area contributed by atoms with Crippen molar-refractivity contribution in [2.75, 3.05) is 25.3 Å². The number of nitrogens with zero attached hydrogens (tertiary/aromatic N) is 3. The molecule has 5 rings (SSSR count). The Kier molecular flexibility index (Phi) is 3.64. The number of fused-ring (bicyclic) bond motifs is 2. The molecule has 27 heavy (non-hydrogen) atoms. The predicted molar refractivity (Wildman–Crippen MR) is 96.2 cm³/mol. The minimum absolute atomic E-state index is 0.127. The third-order valence-electron chi connectivity index (χ3n) is 4.00. The van der Waals surface area contributed by atoms with Gasteiger partial charge in [0.2, 0.25) is 17.7 Å². The van der Waals surface area contributed by atoms with E-state index in [1.54, 1.807) is 10.7 Å². The fourth-order valence-electron chi connectivity index (χ4n) is 2.80. The predicted octanol–water partition coefficient (Wildman–Crippen LogP) is 2.35. The first-order valence-corrected chi connectivity index (χ1v) is 9.02. The van der Waals surface area contributed by atoms with Gasteiger partial charge in [0.15, 0.2) is 11.5 Å². The third-order valence-corrected chi connectivity index (χ3v) is 4.99. The molecule has 0 spiro atoms. The second-order valence-corrected chi connectivity index (χ2v) is 6.92. The van der Waals surface area contributed by atoms with Crippen LogP contribution in [-0.4, -0.2) is 40.7 Å². The molecule has 1 N–H and O–H groups in total. The molecule has 3 aromatic rings. The Labute approximate surface area is 157 Å². The van der Waals surface area contributed by atoms with Gasteiger partial charge >= 0.3 is 0 Å². The summed E-state index contributed by atoms with van der Waals surface area (Å²) in [5.41, 5.74) is 1.52. The highest BCUT2D eigenvalue weighted by Gasteiger charge is 2.21. The molecule has 0 saturated heterocycles. The van der Waals surface area contributed by atoms with Gasteiger partial charge in [-0.25, -0.2) is 4.98 Å². The van der Waals surface area contributed by atoms with Gasteiger partial charge in [0.25, 0.3) is 5.91 Å². The number of carbonyl (C=O) groups is 1. The van der Waals surface area contributed by atoms with Crippen LogP contribution in [0.4, 0.5) is 5.82 Å². The molecule has 2 aromatic heterocycles. The number of thiazole rings is 1. The third kappa shape index (κ3) is 2.83. The van der Waals surface area contributed by atoms with Gasteiger partial charge in [0, 0.05) is 18.2 Å². The first kappa shape index (κ1) is 15.9. The normalized spacial score (nSPS) is 15.2. The van der Waals surface area contributed by atoms with E-state index in [-0.39, 0.29) is 12.6 Å². The van der Waals surface area contributed by atoms with Crippen molar-refractivity contribution in [1.82, 2.24) is 14.8 Å². The molecule has 0 unspecified atom stereocenters. The molecule has 2 aliphatic heterocycles. The van der Waals surface area contributed by atoms with E-state index >= 15 is 0 Å². The maximum Gasteiger partial charge on any atom is 0.295 e. The summed E-state index contributed by atoms with van der Waals surface area (Å²) in [6, 6.07) is 5.50. The van der Waals surface area contributed by atoms with Crippen molar-refractivity contribution in [3.8, 4) is 16.6 Å². The van der Waals surface area contributed by atoms with E-state index in [4.69, 9.17) is 18.9 Å². The number of carbonyl (C=O) groups excluding carboxylic acids is 1. The molecule has 2 aliphatic rings. The lowest BCUT2D eigenvalue weighted by Crippen LogP contribution is -2.22. The Morgan fingerprint density at radius 2 is 2.04 bits per heavy atom. The lowest BCUT2D eigenvalue weighted by atomic mass is 10.3. The molecule has 0 radical (unpaired) electrons. The maximum absolute atomic E-state index is 12.4. The van der Waals surface area contributed by atoms with Gasteiger partial charge in [0.05, 0.1) is 15.9 Å². The summed E-state index contributed by atoms with van der Waals surface area (Å²) in [5, 5.41) is 7.86. The lowest BCUT2D eigenvalue weighted by Gasteiger charge is -2.15. The van der Waals surface area contributed by atoms with Crippen LogP contribution in [0.15, 0.2) is 30.2 Å². The largest absolute Gasteiger partial charge is 0.494 e. The molecule has 1 aromatic carbocycles. The number of rotatable bonds is 3. The standard InChI is InChI=1S/C17H14N4O5S/c1-9-4-15(19-16(22)13-7-23-2-3-24-13)21(20-9)17-18-10-5-11-12(26-8-25-11)6-14(10)27-17/h4-7H,2-3,8H2,1H3,(H,19,22). The Bertz CT molecular complexity index is 1050. The molecule has 0 fully saturated rings.